The SMILES string of the molecule is OC1CCNC2(CCSCC2)C1. The van der Waals surface area contributed by atoms with Crippen LogP contribution in [0.5, 0.6) is 0 Å². The molecule has 0 aromatic heterocycles. The Hall–Kier alpha value is 0.270. The third-order valence-electron chi connectivity index (χ3n) is 3.05. The van der Waals surface area contributed by atoms with Crippen molar-refractivity contribution in [2.75, 3.05) is 18.1 Å². The van der Waals surface area contributed by atoms with E-state index in [0.29, 0.717) is 5.54 Å². The first-order valence-corrected chi connectivity index (χ1v) is 5.97. The Kier molecular flexibility index (Phi) is 2.63. The van der Waals surface area contributed by atoms with Crippen molar-refractivity contribution in [3.05, 3.63) is 0 Å². The topological polar surface area (TPSA) is 32.3 Å². The van der Waals surface area contributed by atoms with Gasteiger partial charge in [0.05, 0.1) is 6.10 Å². The zero-order valence-electron chi connectivity index (χ0n) is 7.38. The van der Waals surface area contributed by atoms with Gasteiger partial charge in [-0.1, -0.05) is 0 Å². The smallest absolute Gasteiger partial charge is 0.0569 e. The molecule has 0 saturated carbocycles. The number of thioether (sulfide) groups is 1. The van der Waals surface area contributed by atoms with Crippen LogP contribution in [0.25, 0.3) is 0 Å². The maximum atomic E-state index is 9.58. The molecule has 2 N–H and O–H groups in total. The summed E-state index contributed by atoms with van der Waals surface area (Å²) in [6, 6.07) is 0. The Morgan fingerprint density at radius 3 is 2.75 bits per heavy atom. The highest BCUT2D eigenvalue weighted by Crippen LogP contribution is 2.33. The number of aliphatic hydroxyl groups excluding tert-OH is 1. The van der Waals surface area contributed by atoms with Crippen LogP contribution in [0.2, 0.25) is 0 Å². The minimum Gasteiger partial charge on any atom is -0.393 e. The lowest BCUT2D eigenvalue weighted by molar-refractivity contribution is 0.0729. The summed E-state index contributed by atoms with van der Waals surface area (Å²) in [5.41, 5.74) is 0.308. The van der Waals surface area contributed by atoms with Crippen molar-refractivity contribution in [3.63, 3.8) is 0 Å². The highest BCUT2D eigenvalue weighted by molar-refractivity contribution is 7.99. The van der Waals surface area contributed by atoms with Gasteiger partial charge in [-0.25, -0.2) is 0 Å². The zero-order chi connectivity index (χ0) is 8.44. The van der Waals surface area contributed by atoms with Crippen molar-refractivity contribution in [2.24, 2.45) is 0 Å². The van der Waals surface area contributed by atoms with Crippen LogP contribution in [0.4, 0.5) is 0 Å². The Labute approximate surface area is 78.1 Å². The van der Waals surface area contributed by atoms with E-state index in [-0.39, 0.29) is 6.10 Å². The largest absolute Gasteiger partial charge is 0.393 e. The Balaban J connectivity index is 1.97. The van der Waals surface area contributed by atoms with Gasteiger partial charge in [-0.2, -0.15) is 11.8 Å². The minimum atomic E-state index is -0.0469. The van der Waals surface area contributed by atoms with E-state index < -0.39 is 0 Å². The average Bonchev–Trinajstić information content (AvgIpc) is 2.05. The summed E-state index contributed by atoms with van der Waals surface area (Å²) in [5.74, 6) is 2.53. The molecule has 0 radical (unpaired) electrons. The molecule has 2 aliphatic rings. The van der Waals surface area contributed by atoms with Crippen molar-refractivity contribution < 1.29 is 5.11 Å². The van der Waals surface area contributed by atoms with Gasteiger partial charge < -0.3 is 10.4 Å². The Morgan fingerprint density at radius 1 is 1.33 bits per heavy atom. The summed E-state index contributed by atoms with van der Waals surface area (Å²) in [4.78, 5) is 0. The van der Waals surface area contributed by atoms with Crippen molar-refractivity contribution in [3.8, 4) is 0 Å². The van der Waals surface area contributed by atoms with Crippen LogP contribution in [-0.4, -0.2) is 34.8 Å². The van der Waals surface area contributed by atoms with Gasteiger partial charge in [0.15, 0.2) is 0 Å². The molecule has 1 spiro atoms. The molecular formula is C9H17NOS. The molecule has 1 atom stereocenters. The molecule has 0 amide bonds. The second-order valence-electron chi connectivity index (χ2n) is 3.97. The minimum absolute atomic E-state index is 0.0469. The van der Waals surface area contributed by atoms with E-state index in [1.54, 1.807) is 0 Å². The first kappa shape index (κ1) is 8.85. The lowest BCUT2D eigenvalue weighted by atomic mass is 9.82. The lowest BCUT2D eigenvalue weighted by Gasteiger charge is -2.43. The number of hydrogen-bond donors (Lipinski definition) is 2. The summed E-state index contributed by atoms with van der Waals surface area (Å²) in [7, 11) is 0. The number of piperidine rings is 1. The molecule has 0 aliphatic carbocycles. The summed E-state index contributed by atoms with van der Waals surface area (Å²) in [6.07, 6.45) is 4.36. The number of hydrogen-bond acceptors (Lipinski definition) is 3. The third-order valence-corrected chi connectivity index (χ3v) is 4.04. The van der Waals surface area contributed by atoms with Crippen molar-refractivity contribution >= 4 is 11.8 Å². The van der Waals surface area contributed by atoms with Crippen LogP contribution in [0.3, 0.4) is 0 Å². The Morgan fingerprint density at radius 2 is 2.08 bits per heavy atom. The summed E-state index contributed by atoms with van der Waals surface area (Å²) < 4.78 is 0. The number of rotatable bonds is 0. The first-order chi connectivity index (χ1) is 5.81. The molecule has 1 unspecified atom stereocenters. The molecule has 70 valence electrons. The van der Waals surface area contributed by atoms with Gasteiger partial charge >= 0.3 is 0 Å². The van der Waals surface area contributed by atoms with Crippen LogP contribution in [-0.2, 0) is 0 Å². The standard InChI is InChI=1S/C9H17NOS/c11-8-1-4-10-9(7-8)2-5-12-6-3-9/h8,10-11H,1-7H2. The average molecular weight is 187 g/mol. The highest BCUT2D eigenvalue weighted by atomic mass is 32.2. The fraction of sp³-hybridized carbons (Fsp3) is 1.00. The Bertz CT molecular complexity index is 151. The van der Waals surface area contributed by atoms with Crippen LogP contribution in [0.15, 0.2) is 0 Å². The first-order valence-electron chi connectivity index (χ1n) is 4.82. The fourth-order valence-corrected chi connectivity index (χ4v) is 3.55. The molecule has 2 fully saturated rings. The van der Waals surface area contributed by atoms with Crippen molar-refractivity contribution in [1.29, 1.82) is 0 Å². The lowest BCUT2D eigenvalue weighted by Crippen LogP contribution is -2.54. The number of nitrogens with one attached hydrogen (secondary N) is 1. The predicted molar refractivity (Wildman–Crippen MR) is 52.5 cm³/mol. The quantitative estimate of drug-likeness (QED) is 0.593. The normalized spacial score (nSPS) is 35.2. The second kappa shape index (κ2) is 3.56. The summed E-state index contributed by atoms with van der Waals surface area (Å²) in [6.45, 7) is 1.01. The molecule has 0 aromatic rings. The van der Waals surface area contributed by atoms with Gasteiger partial charge in [0.25, 0.3) is 0 Å². The molecule has 2 nitrogen and oxygen atoms in total. The van der Waals surface area contributed by atoms with E-state index in [1.807, 2.05) is 11.8 Å². The van der Waals surface area contributed by atoms with Crippen LogP contribution >= 0.6 is 11.8 Å². The molecule has 12 heavy (non-hydrogen) atoms. The van der Waals surface area contributed by atoms with Gasteiger partial charge in [0.1, 0.15) is 0 Å². The molecule has 2 rings (SSSR count). The van der Waals surface area contributed by atoms with Gasteiger partial charge in [0, 0.05) is 5.54 Å². The van der Waals surface area contributed by atoms with E-state index in [0.717, 1.165) is 19.4 Å². The van der Waals surface area contributed by atoms with Gasteiger partial charge in [-0.3, -0.25) is 0 Å². The van der Waals surface area contributed by atoms with E-state index >= 15 is 0 Å². The van der Waals surface area contributed by atoms with E-state index in [4.69, 9.17) is 0 Å². The van der Waals surface area contributed by atoms with Crippen LogP contribution < -0.4 is 5.32 Å². The molecule has 3 heteroatoms. The zero-order valence-corrected chi connectivity index (χ0v) is 8.20. The fourth-order valence-electron chi connectivity index (χ4n) is 2.27. The van der Waals surface area contributed by atoms with Crippen molar-refractivity contribution in [2.45, 2.75) is 37.3 Å². The third kappa shape index (κ3) is 1.78. The van der Waals surface area contributed by atoms with Crippen molar-refractivity contribution in [1.82, 2.24) is 5.32 Å². The number of aliphatic hydroxyl groups is 1. The predicted octanol–water partition coefficient (Wildman–Crippen LogP) is 0.997. The van der Waals surface area contributed by atoms with E-state index in [1.165, 1.54) is 24.3 Å². The molecule has 2 aliphatic heterocycles. The van der Waals surface area contributed by atoms with Crippen LogP contribution in [0.1, 0.15) is 25.7 Å². The second-order valence-corrected chi connectivity index (χ2v) is 5.19. The maximum Gasteiger partial charge on any atom is 0.0569 e. The monoisotopic (exact) mass is 187 g/mol. The van der Waals surface area contributed by atoms with Gasteiger partial charge in [-0.15, -0.1) is 0 Å². The van der Waals surface area contributed by atoms with Crippen LogP contribution in [0, 0.1) is 0 Å². The molecule has 2 saturated heterocycles. The van der Waals surface area contributed by atoms with Gasteiger partial charge in [-0.05, 0) is 43.7 Å². The highest BCUT2D eigenvalue weighted by Gasteiger charge is 2.36. The van der Waals surface area contributed by atoms with E-state index in [9.17, 15) is 5.11 Å². The summed E-state index contributed by atoms with van der Waals surface area (Å²) >= 11 is 2.04. The summed E-state index contributed by atoms with van der Waals surface area (Å²) in [5, 5.41) is 13.2. The van der Waals surface area contributed by atoms with E-state index in [2.05, 4.69) is 5.32 Å². The van der Waals surface area contributed by atoms with Gasteiger partial charge in [0.2, 0.25) is 0 Å². The molecule has 0 aromatic carbocycles. The molecule has 0 bridgehead atoms. The molecular weight excluding hydrogens is 170 g/mol. The molecule has 2 heterocycles. The maximum absolute atomic E-state index is 9.58.